The van der Waals surface area contributed by atoms with E-state index in [2.05, 4.69) is 4.98 Å². The van der Waals surface area contributed by atoms with Gasteiger partial charge in [-0.05, 0) is 36.2 Å². The molecule has 0 atom stereocenters. The number of carbonyl (C=O) groups excluding carboxylic acids is 1. The number of aromatic carboxylic acids is 1. The Balaban J connectivity index is 2.13. The Morgan fingerprint density at radius 3 is 2.85 bits per heavy atom. The predicted molar refractivity (Wildman–Crippen MR) is 72.1 cm³/mol. The maximum Gasteiger partial charge on any atom is 0.335 e. The molecule has 0 fully saturated rings. The van der Waals surface area contributed by atoms with E-state index in [0.717, 1.165) is 5.56 Å². The summed E-state index contributed by atoms with van der Waals surface area (Å²) in [7, 11) is 0. The minimum absolute atomic E-state index is 0.242. The van der Waals surface area contributed by atoms with E-state index in [1.54, 1.807) is 37.3 Å². The first kappa shape index (κ1) is 13.7. The zero-order chi connectivity index (χ0) is 14.5. The third-order valence-electron chi connectivity index (χ3n) is 2.83. The maximum absolute atomic E-state index is 10.9. The summed E-state index contributed by atoms with van der Waals surface area (Å²) in [5.74, 6) is -0.548. The second-order valence-electron chi connectivity index (χ2n) is 4.25. The fraction of sp³-hybridized carbons (Fsp3) is 0.133. The van der Waals surface area contributed by atoms with E-state index in [-0.39, 0.29) is 17.9 Å². The molecule has 2 rings (SSSR count). The Morgan fingerprint density at radius 1 is 1.40 bits per heavy atom. The van der Waals surface area contributed by atoms with Gasteiger partial charge in [0.05, 0.1) is 5.56 Å². The summed E-state index contributed by atoms with van der Waals surface area (Å²) >= 11 is 0. The molecule has 5 heteroatoms. The highest BCUT2D eigenvalue weighted by Gasteiger charge is 2.08. The molecular weight excluding hydrogens is 258 g/mol. The number of hydrogen-bond donors (Lipinski definition) is 1. The summed E-state index contributed by atoms with van der Waals surface area (Å²) < 4.78 is 5.53. The summed E-state index contributed by atoms with van der Waals surface area (Å²) in [6.45, 7) is 1.97. The van der Waals surface area contributed by atoms with Crippen LogP contribution >= 0.6 is 0 Å². The number of ether oxygens (including phenoxy) is 1. The van der Waals surface area contributed by atoms with Gasteiger partial charge in [0, 0.05) is 6.20 Å². The number of pyridine rings is 1. The Labute approximate surface area is 115 Å². The molecular formula is C15H13NO4. The molecule has 102 valence electrons. The molecule has 0 aliphatic rings. The topological polar surface area (TPSA) is 76.5 Å². The van der Waals surface area contributed by atoms with Crippen molar-refractivity contribution in [1.82, 2.24) is 4.98 Å². The first-order valence-corrected chi connectivity index (χ1v) is 5.97. The number of benzene rings is 1. The average Bonchev–Trinajstić information content (AvgIpc) is 2.45. The van der Waals surface area contributed by atoms with Crippen LogP contribution < -0.4 is 4.74 Å². The molecule has 1 N–H and O–H groups in total. The van der Waals surface area contributed by atoms with Crippen LogP contribution in [0.3, 0.4) is 0 Å². The lowest BCUT2D eigenvalue weighted by molar-refractivity contribution is 0.0696. The fourth-order valence-corrected chi connectivity index (χ4v) is 1.83. The average molecular weight is 271 g/mol. The molecule has 2 aromatic rings. The number of hydrogen-bond acceptors (Lipinski definition) is 4. The SMILES string of the molecule is Cc1cc(COc2cccnc2C=O)ccc1C(=O)O. The molecule has 5 nitrogen and oxygen atoms in total. The van der Waals surface area contributed by atoms with Crippen molar-refractivity contribution in [2.75, 3.05) is 0 Å². The van der Waals surface area contributed by atoms with Crippen LogP contribution in [-0.4, -0.2) is 22.3 Å². The molecule has 0 saturated carbocycles. The third kappa shape index (κ3) is 3.00. The van der Waals surface area contributed by atoms with Crippen molar-refractivity contribution in [2.45, 2.75) is 13.5 Å². The number of nitrogens with zero attached hydrogens (tertiary/aromatic N) is 1. The first-order valence-electron chi connectivity index (χ1n) is 5.97. The molecule has 0 unspecified atom stereocenters. The molecule has 0 aliphatic heterocycles. The van der Waals surface area contributed by atoms with Crippen LogP contribution in [-0.2, 0) is 6.61 Å². The molecule has 0 amide bonds. The lowest BCUT2D eigenvalue weighted by Crippen LogP contribution is -2.03. The van der Waals surface area contributed by atoms with E-state index in [1.165, 1.54) is 6.20 Å². The molecule has 0 saturated heterocycles. The van der Waals surface area contributed by atoms with E-state index in [1.807, 2.05) is 0 Å². The first-order chi connectivity index (χ1) is 9.61. The highest BCUT2D eigenvalue weighted by atomic mass is 16.5. The van der Waals surface area contributed by atoms with Crippen LogP contribution in [0.15, 0.2) is 36.5 Å². The zero-order valence-electron chi connectivity index (χ0n) is 10.9. The van der Waals surface area contributed by atoms with E-state index >= 15 is 0 Å². The van der Waals surface area contributed by atoms with Gasteiger partial charge in [-0.25, -0.2) is 9.78 Å². The molecule has 0 bridgehead atoms. The smallest absolute Gasteiger partial charge is 0.335 e. The predicted octanol–water partition coefficient (Wildman–Crippen LogP) is 2.48. The standard InChI is InChI=1S/C15H13NO4/c1-10-7-11(4-5-12(10)15(18)19)9-20-14-3-2-6-16-13(14)8-17/h2-8H,9H2,1H3,(H,18,19). The Hall–Kier alpha value is -2.69. The summed E-state index contributed by atoms with van der Waals surface area (Å²) in [6, 6.07) is 8.32. The van der Waals surface area contributed by atoms with Crippen molar-refractivity contribution in [3.63, 3.8) is 0 Å². The highest BCUT2D eigenvalue weighted by Crippen LogP contribution is 2.17. The number of carbonyl (C=O) groups is 2. The number of aryl methyl sites for hydroxylation is 1. The van der Waals surface area contributed by atoms with E-state index in [9.17, 15) is 9.59 Å². The van der Waals surface area contributed by atoms with Crippen molar-refractivity contribution in [2.24, 2.45) is 0 Å². The van der Waals surface area contributed by atoms with Crippen LogP contribution in [0.4, 0.5) is 0 Å². The van der Waals surface area contributed by atoms with Crippen molar-refractivity contribution in [3.05, 3.63) is 58.9 Å². The van der Waals surface area contributed by atoms with Crippen LogP contribution in [0.5, 0.6) is 5.75 Å². The van der Waals surface area contributed by atoms with E-state index < -0.39 is 5.97 Å². The van der Waals surface area contributed by atoms with Gasteiger partial charge >= 0.3 is 5.97 Å². The maximum atomic E-state index is 10.9. The Morgan fingerprint density at radius 2 is 2.20 bits per heavy atom. The lowest BCUT2D eigenvalue weighted by atomic mass is 10.1. The highest BCUT2D eigenvalue weighted by molar-refractivity contribution is 5.89. The minimum Gasteiger partial charge on any atom is -0.487 e. The van der Waals surface area contributed by atoms with Crippen LogP contribution in [0.25, 0.3) is 0 Å². The summed E-state index contributed by atoms with van der Waals surface area (Å²) in [4.78, 5) is 25.6. The fourth-order valence-electron chi connectivity index (χ4n) is 1.83. The molecule has 1 aromatic carbocycles. The molecule has 0 radical (unpaired) electrons. The second-order valence-corrected chi connectivity index (χ2v) is 4.25. The van der Waals surface area contributed by atoms with Gasteiger partial charge in [-0.2, -0.15) is 0 Å². The Kier molecular flexibility index (Phi) is 4.10. The summed E-state index contributed by atoms with van der Waals surface area (Å²) in [5.41, 5.74) is 2.00. The number of rotatable bonds is 5. The monoisotopic (exact) mass is 271 g/mol. The zero-order valence-corrected chi connectivity index (χ0v) is 10.9. The molecule has 0 spiro atoms. The van der Waals surface area contributed by atoms with Crippen molar-refractivity contribution >= 4 is 12.3 Å². The van der Waals surface area contributed by atoms with Crippen LogP contribution in [0, 0.1) is 6.92 Å². The molecule has 1 heterocycles. The van der Waals surface area contributed by atoms with Crippen molar-refractivity contribution in [1.29, 1.82) is 0 Å². The van der Waals surface area contributed by atoms with Crippen LogP contribution in [0.2, 0.25) is 0 Å². The summed E-state index contributed by atoms with van der Waals surface area (Å²) in [6.07, 6.45) is 2.15. The number of aromatic nitrogens is 1. The van der Waals surface area contributed by atoms with Gasteiger partial charge in [-0.15, -0.1) is 0 Å². The van der Waals surface area contributed by atoms with E-state index in [4.69, 9.17) is 9.84 Å². The van der Waals surface area contributed by atoms with E-state index in [0.29, 0.717) is 17.6 Å². The van der Waals surface area contributed by atoms with Gasteiger partial charge in [-0.1, -0.05) is 12.1 Å². The van der Waals surface area contributed by atoms with Gasteiger partial charge in [0.1, 0.15) is 18.1 Å². The molecule has 0 aliphatic carbocycles. The number of aldehydes is 1. The normalized spacial score (nSPS) is 10.1. The minimum atomic E-state index is -0.953. The van der Waals surface area contributed by atoms with Gasteiger partial charge in [-0.3, -0.25) is 4.79 Å². The largest absolute Gasteiger partial charge is 0.487 e. The van der Waals surface area contributed by atoms with Crippen molar-refractivity contribution < 1.29 is 19.4 Å². The molecule has 1 aromatic heterocycles. The third-order valence-corrected chi connectivity index (χ3v) is 2.83. The lowest BCUT2D eigenvalue weighted by Gasteiger charge is -2.09. The second kappa shape index (κ2) is 5.97. The van der Waals surface area contributed by atoms with Crippen LogP contribution in [0.1, 0.15) is 32.0 Å². The number of carboxylic acid groups (broad SMARTS) is 1. The Bertz CT molecular complexity index is 652. The quantitative estimate of drug-likeness (QED) is 0.845. The van der Waals surface area contributed by atoms with Gasteiger partial charge in [0.2, 0.25) is 0 Å². The summed E-state index contributed by atoms with van der Waals surface area (Å²) in [5, 5.41) is 8.95. The van der Waals surface area contributed by atoms with Gasteiger partial charge in [0.15, 0.2) is 6.29 Å². The molecule has 20 heavy (non-hydrogen) atoms. The van der Waals surface area contributed by atoms with Gasteiger partial charge in [0.25, 0.3) is 0 Å². The van der Waals surface area contributed by atoms with Gasteiger partial charge < -0.3 is 9.84 Å². The van der Waals surface area contributed by atoms with Crippen molar-refractivity contribution in [3.8, 4) is 5.75 Å². The number of carboxylic acids is 1.